The van der Waals surface area contributed by atoms with Gasteiger partial charge in [-0.15, -0.1) is 11.8 Å². The largest absolute Gasteiger partial charge is 0.477 e. The average molecular weight is 328 g/mol. The van der Waals surface area contributed by atoms with E-state index in [9.17, 15) is 19.8 Å². The summed E-state index contributed by atoms with van der Waals surface area (Å²) in [5.74, 6) is -2.04. The van der Waals surface area contributed by atoms with Crippen LogP contribution in [0.5, 0.6) is 0 Å². The first-order chi connectivity index (χ1) is 10.3. The second kappa shape index (κ2) is 5.52. The van der Waals surface area contributed by atoms with Gasteiger partial charge in [-0.1, -0.05) is 6.92 Å². The lowest BCUT2D eigenvalue weighted by Gasteiger charge is -2.46. The number of fused-ring (bicyclic) bond motifs is 1. The fraction of sp³-hybridized carbons (Fsp3) is 0.714. The van der Waals surface area contributed by atoms with Crippen LogP contribution in [-0.2, 0) is 14.3 Å². The highest BCUT2D eigenvalue weighted by molar-refractivity contribution is 8.03. The Labute approximate surface area is 132 Å². The van der Waals surface area contributed by atoms with Crippen molar-refractivity contribution in [2.45, 2.75) is 43.9 Å². The molecule has 0 spiro atoms. The maximum atomic E-state index is 12.2. The van der Waals surface area contributed by atoms with E-state index in [1.54, 1.807) is 6.92 Å². The van der Waals surface area contributed by atoms with Crippen molar-refractivity contribution in [1.82, 2.24) is 4.90 Å². The minimum atomic E-state index is -1.10. The summed E-state index contributed by atoms with van der Waals surface area (Å²) in [5, 5.41) is 19.4. The number of aliphatic carboxylic acids is 1. The molecule has 0 bridgehead atoms. The van der Waals surface area contributed by atoms with Crippen molar-refractivity contribution in [3.63, 3.8) is 0 Å². The Morgan fingerprint density at radius 2 is 2.23 bits per heavy atom. The lowest BCUT2D eigenvalue weighted by atomic mass is 9.79. The molecule has 22 heavy (non-hydrogen) atoms. The zero-order valence-electron chi connectivity index (χ0n) is 12.4. The Kier molecular flexibility index (Phi) is 3.96. The third kappa shape index (κ3) is 2.25. The first-order valence-electron chi connectivity index (χ1n) is 7.35. The van der Waals surface area contributed by atoms with Gasteiger partial charge < -0.3 is 25.6 Å². The Morgan fingerprint density at radius 3 is 2.73 bits per heavy atom. The number of carboxylic acid groups (broad SMARTS) is 1. The van der Waals surface area contributed by atoms with Gasteiger partial charge in [0.05, 0.1) is 24.7 Å². The van der Waals surface area contributed by atoms with Crippen molar-refractivity contribution in [3.05, 3.63) is 10.6 Å². The summed E-state index contributed by atoms with van der Waals surface area (Å²) in [7, 11) is 0. The van der Waals surface area contributed by atoms with E-state index < -0.39 is 18.0 Å². The number of aliphatic hydroxyl groups excluding tert-OH is 1. The number of hydrogen-bond donors (Lipinski definition) is 3. The van der Waals surface area contributed by atoms with Crippen LogP contribution in [0.1, 0.15) is 20.3 Å². The number of nitrogens with two attached hydrogens (primary N) is 1. The number of rotatable bonds is 4. The van der Waals surface area contributed by atoms with E-state index in [-0.39, 0.29) is 35.0 Å². The summed E-state index contributed by atoms with van der Waals surface area (Å²) >= 11 is 1.44. The molecule has 2 fully saturated rings. The zero-order valence-corrected chi connectivity index (χ0v) is 13.2. The summed E-state index contributed by atoms with van der Waals surface area (Å²) in [5.41, 5.74) is 5.77. The van der Waals surface area contributed by atoms with Crippen molar-refractivity contribution in [2.75, 3.05) is 6.61 Å². The highest BCUT2D eigenvalue weighted by Crippen LogP contribution is 2.51. The SMILES string of the molecule is C[C@@H](O)[C@H]1C(=O)N2C(C(=O)O)=C(S[C@@H]3CO[C@H](N)C3)[C@H](C)[C@H]12. The highest BCUT2D eigenvalue weighted by atomic mass is 32.2. The van der Waals surface area contributed by atoms with Crippen LogP contribution < -0.4 is 5.73 Å². The Morgan fingerprint density at radius 1 is 1.55 bits per heavy atom. The molecule has 0 saturated carbocycles. The maximum absolute atomic E-state index is 12.2. The Balaban J connectivity index is 1.87. The number of carbonyl (C=O) groups is 2. The van der Waals surface area contributed by atoms with E-state index in [1.165, 1.54) is 16.7 Å². The Bertz CT molecular complexity index is 549. The molecular formula is C14H20N2O5S. The molecule has 0 aromatic rings. The van der Waals surface area contributed by atoms with Gasteiger partial charge in [-0.2, -0.15) is 0 Å². The topological polar surface area (TPSA) is 113 Å². The van der Waals surface area contributed by atoms with Gasteiger partial charge in [0.1, 0.15) is 11.9 Å². The van der Waals surface area contributed by atoms with E-state index in [2.05, 4.69) is 0 Å². The second-order valence-electron chi connectivity index (χ2n) is 6.12. The van der Waals surface area contributed by atoms with E-state index >= 15 is 0 Å². The van der Waals surface area contributed by atoms with Gasteiger partial charge in [-0.3, -0.25) is 4.79 Å². The number of carboxylic acids is 1. The van der Waals surface area contributed by atoms with E-state index in [0.29, 0.717) is 17.9 Å². The van der Waals surface area contributed by atoms with Crippen molar-refractivity contribution in [2.24, 2.45) is 17.6 Å². The third-order valence-corrected chi connectivity index (χ3v) is 6.08. The molecule has 122 valence electrons. The number of thioether (sulfide) groups is 1. The molecule has 6 atom stereocenters. The van der Waals surface area contributed by atoms with Gasteiger partial charge in [-0.25, -0.2) is 4.79 Å². The fourth-order valence-corrected chi connectivity index (χ4v) is 5.01. The molecule has 2 saturated heterocycles. The predicted molar refractivity (Wildman–Crippen MR) is 79.6 cm³/mol. The first-order valence-corrected chi connectivity index (χ1v) is 8.23. The van der Waals surface area contributed by atoms with Crippen LogP contribution in [0.3, 0.4) is 0 Å². The minimum absolute atomic E-state index is 0.0601. The molecule has 1 amide bonds. The molecule has 4 N–H and O–H groups in total. The van der Waals surface area contributed by atoms with Crippen molar-refractivity contribution in [1.29, 1.82) is 0 Å². The van der Waals surface area contributed by atoms with Gasteiger partial charge in [0.15, 0.2) is 0 Å². The lowest BCUT2D eigenvalue weighted by molar-refractivity contribution is -0.163. The summed E-state index contributed by atoms with van der Waals surface area (Å²) in [6.45, 7) is 3.96. The van der Waals surface area contributed by atoms with Gasteiger partial charge >= 0.3 is 5.97 Å². The summed E-state index contributed by atoms with van der Waals surface area (Å²) < 4.78 is 5.32. The zero-order chi connectivity index (χ0) is 16.2. The average Bonchev–Trinajstić information content (AvgIpc) is 2.92. The molecule has 0 aromatic heterocycles. The molecule has 0 aliphatic carbocycles. The van der Waals surface area contributed by atoms with Gasteiger partial charge in [0, 0.05) is 22.5 Å². The molecular weight excluding hydrogens is 308 g/mol. The third-order valence-electron chi connectivity index (χ3n) is 4.60. The number of nitrogens with zero attached hydrogens (tertiary/aromatic N) is 1. The highest BCUT2D eigenvalue weighted by Gasteiger charge is 2.60. The normalized spacial score (nSPS) is 39.0. The quantitative estimate of drug-likeness (QED) is 0.620. The number of β-lactam (4-membered cyclic amide) rings is 1. The number of amides is 1. The molecule has 0 radical (unpaired) electrons. The molecule has 3 aliphatic rings. The van der Waals surface area contributed by atoms with E-state index in [0.717, 1.165) is 0 Å². The van der Waals surface area contributed by atoms with Crippen molar-refractivity contribution in [3.8, 4) is 0 Å². The van der Waals surface area contributed by atoms with Gasteiger partial charge in [0.25, 0.3) is 0 Å². The van der Waals surface area contributed by atoms with Crippen LogP contribution >= 0.6 is 11.8 Å². The number of aliphatic hydroxyl groups is 1. The molecule has 7 nitrogen and oxygen atoms in total. The van der Waals surface area contributed by atoms with E-state index in [4.69, 9.17) is 10.5 Å². The van der Waals surface area contributed by atoms with Crippen LogP contribution in [0.4, 0.5) is 0 Å². The van der Waals surface area contributed by atoms with Gasteiger partial charge in [0.2, 0.25) is 5.91 Å². The summed E-state index contributed by atoms with van der Waals surface area (Å²) in [6.07, 6.45) is -0.433. The molecule has 3 rings (SSSR count). The number of hydrogen-bond acceptors (Lipinski definition) is 6. The van der Waals surface area contributed by atoms with Crippen LogP contribution in [0.2, 0.25) is 0 Å². The molecule has 8 heteroatoms. The molecule has 0 unspecified atom stereocenters. The maximum Gasteiger partial charge on any atom is 0.353 e. The monoisotopic (exact) mass is 328 g/mol. The van der Waals surface area contributed by atoms with E-state index in [1.807, 2.05) is 6.92 Å². The summed E-state index contributed by atoms with van der Waals surface area (Å²) in [4.78, 5) is 25.8. The number of carbonyl (C=O) groups excluding carboxylic acids is 1. The van der Waals surface area contributed by atoms with Crippen LogP contribution in [-0.4, -0.2) is 57.2 Å². The Hall–Kier alpha value is -1.09. The van der Waals surface area contributed by atoms with Gasteiger partial charge in [-0.05, 0) is 6.92 Å². The minimum Gasteiger partial charge on any atom is -0.477 e. The van der Waals surface area contributed by atoms with Crippen molar-refractivity contribution < 1.29 is 24.5 Å². The molecule has 0 aromatic carbocycles. The predicted octanol–water partition coefficient (Wildman–Crippen LogP) is -0.0530. The van der Waals surface area contributed by atoms with Crippen molar-refractivity contribution >= 4 is 23.6 Å². The smallest absolute Gasteiger partial charge is 0.353 e. The standard InChI is InChI=1S/C14H20N2O5S/c1-5-10-9(6(2)17)13(18)16(10)11(14(19)20)12(5)22-7-3-8(15)21-4-7/h5-10,17H,3-4,15H2,1-2H3,(H,19,20)/t5-,6-,7+,8+,9-,10-/m1/s1. The number of ether oxygens (including phenoxy) is 1. The molecule has 3 aliphatic heterocycles. The van der Waals surface area contributed by atoms with Crippen LogP contribution in [0, 0.1) is 11.8 Å². The van der Waals surface area contributed by atoms with Crippen LogP contribution in [0.25, 0.3) is 0 Å². The van der Waals surface area contributed by atoms with Crippen LogP contribution in [0.15, 0.2) is 10.6 Å². The molecule has 3 heterocycles. The first kappa shape index (κ1) is 15.8. The fourth-order valence-electron chi connectivity index (χ4n) is 3.57. The summed E-state index contributed by atoms with van der Waals surface area (Å²) in [6, 6.07) is -0.267. The second-order valence-corrected chi connectivity index (χ2v) is 7.46. The lowest BCUT2D eigenvalue weighted by Crippen LogP contribution is -2.63.